The van der Waals surface area contributed by atoms with Gasteiger partial charge in [-0.15, -0.1) is 0 Å². The van der Waals surface area contributed by atoms with Gasteiger partial charge in [0, 0.05) is 5.69 Å². The lowest BCUT2D eigenvalue weighted by molar-refractivity contribution is 0.551. The van der Waals surface area contributed by atoms with Crippen molar-refractivity contribution in [3.8, 4) is 0 Å². The summed E-state index contributed by atoms with van der Waals surface area (Å²) in [6.07, 6.45) is 0. The van der Waals surface area contributed by atoms with E-state index in [1.807, 2.05) is 0 Å². The predicted molar refractivity (Wildman–Crippen MR) is 55.9 cm³/mol. The minimum absolute atomic E-state index is 0.477. The maximum Gasteiger partial charge on any atom is 0.175 e. The van der Waals surface area contributed by atoms with Crippen molar-refractivity contribution in [3.05, 3.63) is 35.0 Å². The fourth-order valence-electron chi connectivity index (χ4n) is 0.990. The number of rotatable bonds is 3. The van der Waals surface area contributed by atoms with Gasteiger partial charge in [-0.2, -0.15) is 0 Å². The highest BCUT2D eigenvalue weighted by Gasteiger charge is 2.10. The van der Waals surface area contributed by atoms with Crippen LogP contribution in [0, 0.1) is 5.21 Å². The van der Waals surface area contributed by atoms with E-state index in [1.165, 1.54) is 7.05 Å². The summed E-state index contributed by atoms with van der Waals surface area (Å²) in [6.45, 7) is 0. The number of hydroxylamine groups is 1. The van der Waals surface area contributed by atoms with Crippen LogP contribution in [0.5, 0.6) is 0 Å². The molecule has 5 nitrogen and oxygen atoms in total. The van der Waals surface area contributed by atoms with Crippen molar-refractivity contribution in [2.24, 2.45) is 5.73 Å². The first-order valence-corrected chi connectivity index (χ1v) is 5.05. The molecule has 1 rings (SSSR count). The SMILES string of the molecule is CN([O-])c1ccc(C(N)S(=O)O)cc1. The molecule has 1 aromatic rings. The van der Waals surface area contributed by atoms with Gasteiger partial charge in [0.15, 0.2) is 11.1 Å². The minimum atomic E-state index is -2.09. The van der Waals surface area contributed by atoms with Crippen LogP contribution in [0.1, 0.15) is 10.9 Å². The van der Waals surface area contributed by atoms with Gasteiger partial charge in [-0.3, -0.25) is 0 Å². The van der Waals surface area contributed by atoms with Gasteiger partial charge in [-0.25, -0.2) is 4.21 Å². The Morgan fingerprint density at radius 3 is 2.36 bits per heavy atom. The van der Waals surface area contributed by atoms with Crippen LogP contribution in [-0.2, 0) is 11.1 Å². The standard InChI is InChI=1S/C8H11N2O3S/c1-10(11)7-4-2-6(3-5-7)8(9)14(12)13/h2-5,8H,9H2,1H3,(H,12,13)/q-1. The zero-order chi connectivity index (χ0) is 10.7. The molecule has 2 unspecified atom stereocenters. The summed E-state index contributed by atoms with van der Waals surface area (Å²) >= 11 is -2.09. The number of nitrogens with zero attached hydrogens (tertiary/aromatic N) is 1. The van der Waals surface area contributed by atoms with Crippen LogP contribution in [0.4, 0.5) is 5.69 Å². The zero-order valence-corrected chi connectivity index (χ0v) is 8.40. The van der Waals surface area contributed by atoms with E-state index in [4.69, 9.17) is 10.3 Å². The number of hydrogen-bond donors (Lipinski definition) is 2. The van der Waals surface area contributed by atoms with E-state index in [-0.39, 0.29) is 0 Å². The molecule has 0 heterocycles. The molecule has 6 heteroatoms. The van der Waals surface area contributed by atoms with Crippen molar-refractivity contribution in [3.63, 3.8) is 0 Å². The lowest BCUT2D eigenvalue weighted by Crippen LogP contribution is -2.15. The minimum Gasteiger partial charge on any atom is -0.758 e. The monoisotopic (exact) mass is 215 g/mol. The van der Waals surface area contributed by atoms with Gasteiger partial charge in [0.05, 0.1) is 0 Å². The molecule has 0 aliphatic heterocycles. The van der Waals surface area contributed by atoms with Crippen molar-refractivity contribution in [1.29, 1.82) is 0 Å². The lowest BCUT2D eigenvalue weighted by atomic mass is 10.2. The normalized spacial score (nSPS) is 14.9. The predicted octanol–water partition coefficient (Wildman–Crippen LogP) is 0.800. The second kappa shape index (κ2) is 4.52. The average molecular weight is 215 g/mol. The molecule has 0 bridgehead atoms. The molecular weight excluding hydrogens is 204 g/mol. The molecule has 0 saturated heterocycles. The molecule has 3 N–H and O–H groups in total. The summed E-state index contributed by atoms with van der Waals surface area (Å²) < 4.78 is 19.4. The lowest BCUT2D eigenvalue weighted by Gasteiger charge is -2.24. The van der Waals surface area contributed by atoms with E-state index >= 15 is 0 Å². The van der Waals surface area contributed by atoms with Crippen LogP contribution >= 0.6 is 0 Å². The number of benzene rings is 1. The van der Waals surface area contributed by atoms with E-state index in [0.29, 0.717) is 16.3 Å². The van der Waals surface area contributed by atoms with Crippen molar-refractivity contribution in [1.82, 2.24) is 0 Å². The van der Waals surface area contributed by atoms with Crippen molar-refractivity contribution < 1.29 is 8.76 Å². The highest BCUT2D eigenvalue weighted by atomic mass is 32.2. The molecule has 78 valence electrons. The largest absolute Gasteiger partial charge is 0.758 e. The van der Waals surface area contributed by atoms with E-state index in [0.717, 1.165) is 0 Å². The van der Waals surface area contributed by atoms with Crippen LogP contribution < -0.4 is 10.8 Å². The Bertz CT molecular complexity index is 326. The summed E-state index contributed by atoms with van der Waals surface area (Å²) in [5, 5.41) is 10.6. The number of anilines is 1. The van der Waals surface area contributed by atoms with Crippen LogP contribution in [0.3, 0.4) is 0 Å². The quantitative estimate of drug-likeness (QED) is 0.575. The van der Waals surface area contributed by atoms with Crippen LogP contribution in [0.2, 0.25) is 0 Å². The molecule has 1 aromatic carbocycles. The van der Waals surface area contributed by atoms with Gasteiger partial charge in [-0.05, 0) is 24.7 Å². The van der Waals surface area contributed by atoms with Gasteiger partial charge in [0.25, 0.3) is 0 Å². The van der Waals surface area contributed by atoms with E-state index in [2.05, 4.69) is 0 Å². The molecule has 14 heavy (non-hydrogen) atoms. The van der Waals surface area contributed by atoms with Crippen molar-refractivity contribution in [2.75, 3.05) is 12.1 Å². The first-order chi connectivity index (χ1) is 6.52. The Labute approximate surface area is 84.4 Å². The average Bonchev–Trinajstić information content (AvgIpc) is 2.16. The first kappa shape index (κ1) is 11.1. The third kappa shape index (κ3) is 2.52. The molecule has 0 spiro atoms. The molecule has 2 atom stereocenters. The molecule has 0 fully saturated rings. The third-order valence-corrected chi connectivity index (χ3v) is 2.51. The molecule has 0 radical (unpaired) electrons. The van der Waals surface area contributed by atoms with E-state index < -0.39 is 16.5 Å². The Morgan fingerprint density at radius 2 is 2.00 bits per heavy atom. The van der Waals surface area contributed by atoms with Crippen molar-refractivity contribution in [2.45, 2.75) is 5.37 Å². The molecule has 0 aromatic heterocycles. The molecular formula is C8H11N2O3S-. The maximum atomic E-state index is 10.8. The number of hydrogen-bond acceptors (Lipinski definition) is 4. The van der Waals surface area contributed by atoms with E-state index in [1.54, 1.807) is 24.3 Å². The van der Waals surface area contributed by atoms with Gasteiger partial charge in [0.1, 0.15) is 5.37 Å². The Hall–Kier alpha value is -0.950. The highest BCUT2D eigenvalue weighted by Crippen LogP contribution is 2.17. The Morgan fingerprint density at radius 1 is 1.50 bits per heavy atom. The highest BCUT2D eigenvalue weighted by molar-refractivity contribution is 7.79. The van der Waals surface area contributed by atoms with E-state index in [9.17, 15) is 9.42 Å². The second-order valence-corrected chi connectivity index (χ2v) is 3.85. The Balaban J connectivity index is 2.88. The van der Waals surface area contributed by atoms with Gasteiger partial charge < -0.3 is 20.6 Å². The zero-order valence-electron chi connectivity index (χ0n) is 7.58. The van der Waals surface area contributed by atoms with Crippen molar-refractivity contribution >= 4 is 16.8 Å². The third-order valence-electron chi connectivity index (χ3n) is 1.80. The Kier molecular flexibility index (Phi) is 3.59. The number of nitrogens with two attached hydrogens (primary N) is 1. The fourth-order valence-corrected chi connectivity index (χ4v) is 1.38. The second-order valence-electron chi connectivity index (χ2n) is 2.79. The molecule has 0 aliphatic rings. The first-order valence-electron chi connectivity index (χ1n) is 3.88. The summed E-state index contributed by atoms with van der Waals surface area (Å²) in [6, 6.07) is 6.22. The van der Waals surface area contributed by atoms with Gasteiger partial charge in [-0.1, -0.05) is 12.1 Å². The van der Waals surface area contributed by atoms with Crippen LogP contribution in [0.25, 0.3) is 0 Å². The fraction of sp³-hybridized carbons (Fsp3) is 0.250. The summed E-state index contributed by atoms with van der Waals surface area (Å²) in [4.78, 5) is 0. The molecule has 0 amide bonds. The summed E-state index contributed by atoms with van der Waals surface area (Å²) in [7, 11) is 1.37. The van der Waals surface area contributed by atoms with Gasteiger partial charge in [0.2, 0.25) is 0 Å². The smallest absolute Gasteiger partial charge is 0.175 e. The molecule has 0 saturated carbocycles. The summed E-state index contributed by atoms with van der Waals surface area (Å²) in [5.74, 6) is 0. The topological polar surface area (TPSA) is 89.6 Å². The van der Waals surface area contributed by atoms with Gasteiger partial charge >= 0.3 is 0 Å². The summed E-state index contributed by atoms with van der Waals surface area (Å²) in [5.41, 5.74) is 6.42. The van der Waals surface area contributed by atoms with Crippen LogP contribution in [0.15, 0.2) is 24.3 Å². The maximum absolute atomic E-state index is 10.8. The van der Waals surface area contributed by atoms with Crippen LogP contribution in [-0.4, -0.2) is 15.8 Å². The molecule has 0 aliphatic carbocycles.